The van der Waals surface area contributed by atoms with Crippen LogP contribution < -0.4 is 4.90 Å². The number of rotatable bonds is 1. The fourth-order valence-corrected chi connectivity index (χ4v) is 1.33. The summed E-state index contributed by atoms with van der Waals surface area (Å²) in [5.74, 6) is 0.580. The molecule has 6 heteroatoms. The van der Waals surface area contributed by atoms with E-state index >= 15 is 0 Å². The van der Waals surface area contributed by atoms with Crippen molar-refractivity contribution in [2.45, 2.75) is 12.8 Å². The average molecular weight is 186 g/mol. The summed E-state index contributed by atoms with van der Waals surface area (Å²) in [6.07, 6.45) is 2.37. The van der Waals surface area contributed by atoms with Crippen molar-refractivity contribution in [3.05, 3.63) is 5.28 Å². The van der Waals surface area contributed by atoms with Crippen LogP contribution in [0.5, 0.6) is 0 Å². The van der Waals surface area contributed by atoms with Gasteiger partial charge in [-0.25, -0.2) is 0 Å². The monoisotopic (exact) mass is 185 g/mol. The number of anilines is 1. The highest BCUT2D eigenvalue weighted by Gasteiger charge is 2.15. The predicted octanol–water partition coefficient (Wildman–Crippen LogP) is 0.520. The van der Waals surface area contributed by atoms with E-state index in [4.69, 9.17) is 11.6 Å². The van der Waals surface area contributed by atoms with E-state index in [2.05, 4.69) is 25.3 Å². The average Bonchev–Trinajstić information content (AvgIpc) is 2.58. The molecule has 0 spiro atoms. The molecule has 12 heavy (non-hydrogen) atoms. The van der Waals surface area contributed by atoms with Gasteiger partial charge in [-0.15, -0.1) is 20.4 Å². The standard InChI is InChI=1S/C6H8ClN5/c7-5-8-10-6(11-9-5)12-3-1-2-4-12/h1-4H2. The highest BCUT2D eigenvalue weighted by atomic mass is 35.5. The van der Waals surface area contributed by atoms with Gasteiger partial charge in [0.2, 0.25) is 0 Å². The molecule has 5 nitrogen and oxygen atoms in total. The van der Waals surface area contributed by atoms with E-state index in [1.54, 1.807) is 0 Å². The normalized spacial score (nSPS) is 16.9. The van der Waals surface area contributed by atoms with Gasteiger partial charge in [0.05, 0.1) is 0 Å². The zero-order valence-corrected chi connectivity index (χ0v) is 7.20. The van der Waals surface area contributed by atoms with Crippen LogP contribution in [0.4, 0.5) is 5.95 Å². The van der Waals surface area contributed by atoms with E-state index in [0.29, 0.717) is 5.95 Å². The maximum atomic E-state index is 5.45. The maximum absolute atomic E-state index is 5.45. The Morgan fingerprint density at radius 1 is 1.00 bits per heavy atom. The van der Waals surface area contributed by atoms with Gasteiger partial charge >= 0.3 is 0 Å². The van der Waals surface area contributed by atoms with Crippen LogP contribution in [0, 0.1) is 0 Å². The minimum absolute atomic E-state index is 0.0953. The molecule has 0 radical (unpaired) electrons. The van der Waals surface area contributed by atoms with Gasteiger partial charge in [0.1, 0.15) is 0 Å². The lowest BCUT2D eigenvalue weighted by Gasteiger charge is -2.11. The molecule has 1 aromatic heterocycles. The van der Waals surface area contributed by atoms with Gasteiger partial charge < -0.3 is 4.90 Å². The van der Waals surface area contributed by atoms with E-state index in [0.717, 1.165) is 13.1 Å². The summed E-state index contributed by atoms with van der Waals surface area (Å²) >= 11 is 5.45. The first-order chi connectivity index (χ1) is 5.86. The van der Waals surface area contributed by atoms with Crippen molar-refractivity contribution in [2.24, 2.45) is 0 Å². The lowest BCUT2D eigenvalue weighted by atomic mass is 10.4. The van der Waals surface area contributed by atoms with Crippen LogP contribution in [0.3, 0.4) is 0 Å². The molecule has 0 aliphatic carbocycles. The summed E-state index contributed by atoms with van der Waals surface area (Å²) in [7, 11) is 0. The lowest BCUT2D eigenvalue weighted by molar-refractivity contribution is 0.790. The summed E-state index contributed by atoms with van der Waals surface area (Å²) < 4.78 is 0. The number of hydrogen-bond acceptors (Lipinski definition) is 5. The molecule has 0 N–H and O–H groups in total. The summed E-state index contributed by atoms with van der Waals surface area (Å²) in [6.45, 7) is 1.98. The van der Waals surface area contributed by atoms with Crippen molar-refractivity contribution >= 4 is 17.5 Å². The van der Waals surface area contributed by atoms with Gasteiger partial charge in [-0.2, -0.15) is 0 Å². The molecule has 1 saturated heterocycles. The summed E-state index contributed by atoms with van der Waals surface area (Å²) in [6, 6.07) is 0. The van der Waals surface area contributed by atoms with Crippen LogP contribution >= 0.6 is 11.6 Å². The molecule has 1 fully saturated rings. The molecular weight excluding hydrogens is 178 g/mol. The Kier molecular flexibility index (Phi) is 2.03. The summed E-state index contributed by atoms with van der Waals surface area (Å²) in [4.78, 5) is 2.05. The first-order valence-electron chi connectivity index (χ1n) is 3.84. The summed E-state index contributed by atoms with van der Waals surface area (Å²) in [5.41, 5.74) is 0. The quantitative estimate of drug-likeness (QED) is 0.639. The second-order valence-electron chi connectivity index (χ2n) is 2.66. The van der Waals surface area contributed by atoms with E-state index in [1.807, 2.05) is 0 Å². The molecule has 1 aliphatic heterocycles. The number of halogens is 1. The van der Waals surface area contributed by atoms with Gasteiger partial charge in [-0.1, -0.05) is 0 Å². The Morgan fingerprint density at radius 3 is 2.17 bits per heavy atom. The Bertz CT molecular complexity index is 255. The number of hydrogen-bond donors (Lipinski definition) is 0. The van der Waals surface area contributed by atoms with Crippen LogP contribution in [0.2, 0.25) is 5.28 Å². The first-order valence-corrected chi connectivity index (χ1v) is 4.22. The van der Waals surface area contributed by atoms with Gasteiger partial charge in [0.15, 0.2) is 0 Å². The van der Waals surface area contributed by atoms with E-state index < -0.39 is 0 Å². The van der Waals surface area contributed by atoms with Crippen molar-refractivity contribution in [2.75, 3.05) is 18.0 Å². The lowest BCUT2D eigenvalue weighted by Crippen LogP contribution is -2.21. The van der Waals surface area contributed by atoms with E-state index in [1.165, 1.54) is 12.8 Å². The molecule has 0 unspecified atom stereocenters. The minimum atomic E-state index is 0.0953. The van der Waals surface area contributed by atoms with Gasteiger partial charge in [-0.3, -0.25) is 0 Å². The SMILES string of the molecule is Clc1nnc(N2CCCC2)nn1. The smallest absolute Gasteiger partial charge is 0.264 e. The Hall–Kier alpha value is -0.970. The Labute approximate surface area is 74.8 Å². The molecule has 2 heterocycles. The van der Waals surface area contributed by atoms with Crippen LogP contribution in [0.25, 0.3) is 0 Å². The number of aromatic nitrogens is 4. The minimum Gasteiger partial charge on any atom is -0.338 e. The molecule has 64 valence electrons. The highest BCUT2D eigenvalue weighted by Crippen LogP contribution is 2.13. The molecule has 1 aliphatic rings. The fourth-order valence-electron chi connectivity index (χ4n) is 1.26. The maximum Gasteiger partial charge on any atom is 0.264 e. The third kappa shape index (κ3) is 1.45. The third-order valence-electron chi connectivity index (χ3n) is 1.83. The first kappa shape index (κ1) is 7.67. The molecule has 0 aromatic carbocycles. The fraction of sp³-hybridized carbons (Fsp3) is 0.667. The van der Waals surface area contributed by atoms with Gasteiger partial charge in [0.25, 0.3) is 11.2 Å². The van der Waals surface area contributed by atoms with Crippen molar-refractivity contribution < 1.29 is 0 Å². The topological polar surface area (TPSA) is 54.8 Å². The molecule has 2 rings (SSSR count). The highest BCUT2D eigenvalue weighted by molar-refractivity contribution is 6.28. The van der Waals surface area contributed by atoms with Gasteiger partial charge in [-0.05, 0) is 24.4 Å². The Balaban J connectivity index is 2.17. The van der Waals surface area contributed by atoms with Crippen LogP contribution in [-0.4, -0.2) is 33.5 Å². The van der Waals surface area contributed by atoms with Crippen LogP contribution in [-0.2, 0) is 0 Å². The van der Waals surface area contributed by atoms with Crippen molar-refractivity contribution in [3.63, 3.8) is 0 Å². The second-order valence-corrected chi connectivity index (χ2v) is 3.00. The largest absolute Gasteiger partial charge is 0.338 e. The van der Waals surface area contributed by atoms with Crippen LogP contribution in [0.15, 0.2) is 0 Å². The van der Waals surface area contributed by atoms with Crippen molar-refractivity contribution in [1.82, 2.24) is 20.4 Å². The van der Waals surface area contributed by atoms with E-state index in [9.17, 15) is 0 Å². The predicted molar refractivity (Wildman–Crippen MR) is 44.1 cm³/mol. The molecule has 0 bridgehead atoms. The zero-order chi connectivity index (χ0) is 8.39. The zero-order valence-electron chi connectivity index (χ0n) is 6.44. The van der Waals surface area contributed by atoms with Crippen molar-refractivity contribution in [1.29, 1.82) is 0 Å². The molecule has 0 saturated carbocycles. The molecule has 0 atom stereocenters. The van der Waals surface area contributed by atoms with Crippen molar-refractivity contribution in [3.8, 4) is 0 Å². The van der Waals surface area contributed by atoms with Crippen LogP contribution in [0.1, 0.15) is 12.8 Å². The molecular formula is C6H8ClN5. The van der Waals surface area contributed by atoms with E-state index in [-0.39, 0.29) is 5.28 Å². The summed E-state index contributed by atoms with van der Waals surface area (Å²) in [5, 5.41) is 15.0. The molecule has 1 aromatic rings. The molecule has 0 amide bonds. The second kappa shape index (κ2) is 3.18. The van der Waals surface area contributed by atoms with Gasteiger partial charge in [0, 0.05) is 13.1 Å². The number of nitrogens with zero attached hydrogens (tertiary/aromatic N) is 5. The third-order valence-corrected chi connectivity index (χ3v) is 1.98. The Morgan fingerprint density at radius 2 is 1.58 bits per heavy atom.